The molecule has 1 aromatic heterocycles. The highest BCUT2D eigenvalue weighted by atomic mass is 35.5. The van der Waals surface area contributed by atoms with Crippen molar-refractivity contribution >= 4 is 23.4 Å². The van der Waals surface area contributed by atoms with Crippen LogP contribution in [-0.4, -0.2) is 5.97 Å². The van der Waals surface area contributed by atoms with Crippen molar-refractivity contribution in [1.82, 2.24) is 0 Å². The van der Waals surface area contributed by atoms with Gasteiger partial charge in [-0.2, -0.15) is 0 Å². The molecule has 18 heavy (non-hydrogen) atoms. The molecule has 0 unspecified atom stereocenters. The Morgan fingerprint density at radius 3 is 2.33 bits per heavy atom. The summed E-state index contributed by atoms with van der Waals surface area (Å²) in [5.41, 5.74) is 6.60. The first kappa shape index (κ1) is 14.0. The fourth-order valence-electron chi connectivity index (χ4n) is 1.22. The van der Waals surface area contributed by atoms with Crippen molar-refractivity contribution in [3.63, 3.8) is 0 Å². The average Bonchev–Trinajstić information content (AvgIpc) is 2.29. The molecule has 5 heteroatoms. The van der Waals surface area contributed by atoms with E-state index >= 15 is 0 Å². The number of carboxylic acids is 1. The van der Waals surface area contributed by atoms with Crippen LogP contribution in [0.2, 0.25) is 5.02 Å². The minimum Gasteiger partial charge on any atom is -0.545 e. The van der Waals surface area contributed by atoms with E-state index in [1.165, 1.54) is 12.1 Å². The number of aryl methyl sites for hydroxylation is 1. The maximum absolute atomic E-state index is 10.2. The molecule has 0 fully saturated rings. The van der Waals surface area contributed by atoms with E-state index in [0.717, 1.165) is 5.69 Å². The highest BCUT2D eigenvalue weighted by Crippen LogP contribution is 2.09. The highest BCUT2D eigenvalue weighted by molar-refractivity contribution is 6.30. The first-order valence-corrected chi connectivity index (χ1v) is 5.58. The fraction of sp³-hybridized carbons (Fsp3) is 0.0769. The zero-order valence-electron chi connectivity index (χ0n) is 9.81. The third kappa shape index (κ3) is 4.84. The number of halogens is 1. The molecule has 0 atom stereocenters. The smallest absolute Gasteiger partial charge is 0.270 e. The lowest BCUT2D eigenvalue weighted by molar-refractivity contribution is -0.370. The van der Waals surface area contributed by atoms with E-state index in [9.17, 15) is 9.90 Å². The molecule has 0 spiro atoms. The van der Waals surface area contributed by atoms with Crippen molar-refractivity contribution in [3.8, 4) is 0 Å². The number of aromatic carboxylic acids is 1. The van der Waals surface area contributed by atoms with Gasteiger partial charge < -0.3 is 9.90 Å². The number of aromatic amines is 1. The number of anilines is 1. The highest BCUT2D eigenvalue weighted by Gasteiger charge is 1.92. The topological polar surface area (TPSA) is 80.3 Å². The van der Waals surface area contributed by atoms with E-state index in [4.69, 9.17) is 17.3 Å². The van der Waals surface area contributed by atoms with Gasteiger partial charge in [0, 0.05) is 11.1 Å². The molecule has 1 aromatic carbocycles. The second kappa shape index (κ2) is 6.61. The second-order valence-electron chi connectivity index (χ2n) is 3.59. The number of aromatic nitrogens is 1. The summed E-state index contributed by atoms with van der Waals surface area (Å²) in [6, 6.07) is 11.7. The standard InChI is InChI=1S/C7H5ClO2.C6H8N2/c8-6-3-1-2-5(4-6)7(9)10;1-5-3-2-4-6(7)8-5/h1-4H,(H,9,10);2-4H,1H3,(H2,7,8). The number of carbonyl (C=O) groups excluding carboxylic acids is 1. The van der Waals surface area contributed by atoms with Crippen molar-refractivity contribution in [2.45, 2.75) is 6.92 Å². The van der Waals surface area contributed by atoms with E-state index in [1.807, 2.05) is 25.1 Å². The Kier molecular flexibility index (Phi) is 5.14. The molecule has 0 aliphatic rings. The number of nitrogens with two attached hydrogens (primary N) is 1. The van der Waals surface area contributed by atoms with Gasteiger partial charge in [0.2, 0.25) is 0 Å². The van der Waals surface area contributed by atoms with E-state index < -0.39 is 5.97 Å². The van der Waals surface area contributed by atoms with Gasteiger partial charge in [-0.05, 0) is 30.7 Å². The Morgan fingerprint density at radius 1 is 1.28 bits per heavy atom. The number of carbonyl (C=O) groups is 1. The van der Waals surface area contributed by atoms with Crippen LogP contribution < -0.4 is 15.8 Å². The Balaban J connectivity index is 0.000000184. The number of rotatable bonds is 1. The van der Waals surface area contributed by atoms with Crippen LogP contribution in [0.1, 0.15) is 16.1 Å². The first-order valence-electron chi connectivity index (χ1n) is 5.20. The van der Waals surface area contributed by atoms with Crippen molar-refractivity contribution < 1.29 is 14.9 Å². The molecule has 0 saturated carbocycles. The zero-order chi connectivity index (χ0) is 13.5. The molecule has 1 heterocycles. The summed E-state index contributed by atoms with van der Waals surface area (Å²) in [4.78, 5) is 13.1. The van der Waals surface area contributed by atoms with Gasteiger partial charge in [0.05, 0.1) is 11.7 Å². The van der Waals surface area contributed by atoms with Crippen LogP contribution in [0.15, 0.2) is 42.5 Å². The van der Waals surface area contributed by atoms with Crippen LogP contribution in [0.5, 0.6) is 0 Å². The Morgan fingerprint density at radius 2 is 1.94 bits per heavy atom. The molecule has 2 aromatic rings. The fourth-order valence-corrected chi connectivity index (χ4v) is 1.41. The van der Waals surface area contributed by atoms with Crippen LogP contribution in [0.25, 0.3) is 0 Å². The van der Waals surface area contributed by atoms with Gasteiger partial charge in [-0.1, -0.05) is 29.8 Å². The largest absolute Gasteiger partial charge is 0.545 e. The van der Waals surface area contributed by atoms with E-state index in [0.29, 0.717) is 10.8 Å². The lowest BCUT2D eigenvalue weighted by Gasteiger charge is -2.00. The van der Waals surface area contributed by atoms with Crippen molar-refractivity contribution in [3.05, 3.63) is 58.7 Å². The van der Waals surface area contributed by atoms with Gasteiger partial charge in [-0.15, -0.1) is 0 Å². The summed E-state index contributed by atoms with van der Waals surface area (Å²) in [5, 5.41) is 10.6. The van der Waals surface area contributed by atoms with E-state index in [1.54, 1.807) is 12.1 Å². The molecular formula is C13H13ClN2O2. The number of hydrogen-bond acceptors (Lipinski definition) is 3. The molecule has 94 valence electrons. The van der Waals surface area contributed by atoms with Gasteiger partial charge >= 0.3 is 0 Å². The van der Waals surface area contributed by atoms with Gasteiger partial charge in [-0.25, -0.2) is 4.98 Å². The van der Waals surface area contributed by atoms with Gasteiger partial charge in [0.1, 0.15) is 0 Å². The SMILES string of the molecule is Cc1cccc(N)[nH+]1.O=C([O-])c1cccc(Cl)c1. The third-order valence-electron chi connectivity index (χ3n) is 2.02. The second-order valence-corrected chi connectivity index (χ2v) is 4.02. The summed E-state index contributed by atoms with van der Waals surface area (Å²) < 4.78 is 0. The summed E-state index contributed by atoms with van der Waals surface area (Å²) in [6.07, 6.45) is 0. The lowest BCUT2D eigenvalue weighted by Crippen LogP contribution is -2.21. The Labute approximate surface area is 110 Å². The molecule has 0 amide bonds. The lowest BCUT2D eigenvalue weighted by atomic mass is 10.2. The molecule has 2 rings (SSSR count). The van der Waals surface area contributed by atoms with Crippen LogP contribution in [0.4, 0.5) is 5.82 Å². The van der Waals surface area contributed by atoms with Gasteiger partial charge in [-0.3, -0.25) is 5.73 Å². The van der Waals surface area contributed by atoms with Crippen LogP contribution in [0, 0.1) is 6.92 Å². The van der Waals surface area contributed by atoms with E-state index in [-0.39, 0.29) is 5.56 Å². The molecular weight excluding hydrogens is 252 g/mol. The minimum atomic E-state index is -1.21. The Hall–Kier alpha value is -2.07. The van der Waals surface area contributed by atoms with Gasteiger partial charge in [0.15, 0.2) is 0 Å². The number of pyridine rings is 1. The number of hydrogen-bond donors (Lipinski definition) is 1. The van der Waals surface area contributed by atoms with Crippen LogP contribution >= 0.6 is 11.6 Å². The minimum absolute atomic E-state index is 0.104. The van der Waals surface area contributed by atoms with Crippen LogP contribution in [0.3, 0.4) is 0 Å². The average molecular weight is 265 g/mol. The number of benzene rings is 1. The van der Waals surface area contributed by atoms with Crippen LogP contribution in [-0.2, 0) is 0 Å². The first-order chi connectivity index (χ1) is 8.49. The number of carboxylic acid groups (broad SMARTS) is 1. The van der Waals surface area contributed by atoms with Crippen molar-refractivity contribution in [1.29, 1.82) is 0 Å². The normalized spacial score (nSPS) is 9.22. The quantitative estimate of drug-likeness (QED) is 0.837. The van der Waals surface area contributed by atoms with E-state index in [2.05, 4.69) is 4.98 Å². The molecule has 0 radical (unpaired) electrons. The number of H-pyrrole nitrogens is 1. The summed E-state index contributed by atoms with van der Waals surface area (Å²) >= 11 is 5.50. The maximum atomic E-state index is 10.2. The zero-order valence-corrected chi connectivity index (χ0v) is 10.6. The Bertz CT molecular complexity index is 527. The van der Waals surface area contributed by atoms with Crippen molar-refractivity contribution in [2.75, 3.05) is 5.73 Å². The molecule has 4 nitrogen and oxygen atoms in total. The predicted molar refractivity (Wildman–Crippen MR) is 67.9 cm³/mol. The third-order valence-corrected chi connectivity index (χ3v) is 2.26. The van der Waals surface area contributed by atoms with Gasteiger partial charge in [0.25, 0.3) is 5.82 Å². The maximum Gasteiger partial charge on any atom is 0.270 e. The summed E-state index contributed by atoms with van der Waals surface area (Å²) in [7, 11) is 0. The molecule has 0 aliphatic heterocycles. The van der Waals surface area contributed by atoms with Crippen molar-refractivity contribution in [2.24, 2.45) is 0 Å². The summed E-state index contributed by atoms with van der Waals surface area (Å²) in [6.45, 7) is 1.97. The molecule has 3 N–H and O–H groups in total. The molecule has 0 aliphatic carbocycles. The molecule has 0 bridgehead atoms. The molecule has 0 saturated heterocycles. The summed E-state index contributed by atoms with van der Waals surface area (Å²) in [5.74, 6) is -0.493. The monoisotopic (exact) mass is 264 g/mol. The predicted octanol–water partition coefficient (Wildman–Crippen LogP) is 1.09. The number of nitrogen functional groups attached to an aromatic ring is 1. The number of nitrogens with one attached hydrogen (secondary N) is 1.